The lowest BCUT2D eigenvalue weighted by atomic mass is 9.99. The van der Waals surface area contributed by atoms with Gasteiger partial charge >= 0.3 is 6.18 Å². The average Bonchev–Trinajstić information content (AvgIpc) is 2.99. The van der Waals surface area contributed by atoms with Crippen molar-refractivity contribution in [3.05, 3.63) is 35.4 Å². The van der Waals surface area contributed by atoms with Crippen molar-refractivity contribution in [1.82, 2.24) is 10.2 Å². The Bertz CT molecular complexity index is 580. The molecule has 148 valence electrons. The highest BCUT2D eigenvalue weighted by Crippen LogP contribution is 2.29. The first-order valence-corrected chi connectivity index (χ1v) is 8.65. The van der Waals surface area contributed by atoms with Gasteiger partial charge in [-0.2, -0.15) is 13.2 Å². The number of nitrogens with zero attached hydrogens (tertiary/aromatic N) is 1. The van der Waals surface area contributed by atoms with Gasteiger partial charge in [-0.05, 0) is 30.0 Å². The van der Waals surface area contributed by atoms with Crippen LogP contribution in [-0.2, 0) is 17.5 Å². The molecule has 1 amide bonds. The smallest absolute Gasteiger partial charge is 0.351 e. The zero-order chi connectivity index (χ0) is 18.6. The number of likely N-dealkylation sites (tertiary alicyclic amines) is 1. The number of halogens is 4. The molecule has 0 bridgehead atoms. The molecule has 0 aromatic heterocycles. The molecule has 4 nitrogen and oxygen atoms in total. The zero-order valence-corrected chi connectivity index (χ0v) is 15.9. The topological polar surface area (TPSA) is 58.4 Å². The van der Waals surface area contributed by atoms with E-state index in [0.29, 0.717) is 13.1 Å². The maximum atomic E-state index is 12.6. The Labute approximate surface area is 158 Å². The van der Waals surface area contributed by atoms with Crippen molar-refractivity contribution in [2.24, 2.45) is 11.7 Å². The summed E-state index contributed by atoms with van der Waals surface area (Å²) in [7, 11) is 0. The van der Waals surface area contributed by atoms with Crippen molar-refractivity contribution in [2.45, 2.75) is 51.5 Å². The summed E-state index contributed by atoms with van der Waals surface area (Å²) < 4.78 is 37.8. The molecule has 2 rings (SSSR count). The van der Waals surface area contributed by atoms with E-state index in [-0.39, 0.29) is 30.3 Å². The molecule has 1 aromatic rings. The first kappa shape index (κ1) is 22.7. The number of nitrogens with two attached hydrogens (primary N) is 1. The quantitative estimate of drug-likeness (QED) is 0.780. The van der Waals surface area contributed by atoms with Gasteiger partial charge in [-0.3, -0.25) is 9.69 Å². The molecule has 0 saturated carbocycles. The van der Waals surface area contributed by atoms with Crippen LogP contribution in [0, 0.1) is 5.92 Å². The molecule has 1 aliphatic heterocycles. The fourth-order valence-corrected chi connectivity index (χ4v) is 2.96. The summed E-state index contributed by atoms with van der Waals surface area (Å²) in [5.74, 6) is 0.000355. The molecule has 1 aliphatic rings. The zero-order valence-electron chi connectivity index (χ0n) is 15.1. The SMILES string of the molecule is CCC(C)C(N)C(=O)NC1CCN(Cc2ccc(C(F)(F)F)cc2)C1.Cl. The summed E-state index contributed by atoms with van der Waals surface area (Å²) in [6.07, 6.45) is -2.64. The van der Waals surface area contributed by atoms with Crippen molar-refractivity contribution in [3.8, 4) is 0 Å². The Morgan fingerprint density at radius 3 is 2.50 bits per heavy atom. The molecule has 1 heterocycles. The van der Waals surface area contributed by atoms with Gasteiger partial charge in [-0.1, -0.05) is 32.4 Å². The first-order chi connectivity index (χ1) is 11.7. The number of hydrogen-bond donors (Lipinski definition) is 2. The fourth-order valence-electron chi connectivity index (χ4n) is 2.96. The second kappa shape index (κ2) is 9.58. The van der Waals surface area contributed by atoms with Gasteiger partial charge in [-0.15, -0.1) is 12.4 Å². The summed E-state index contributed by atoms with van der Waals surface area (Å²) in [5.41, 5.74) is 6.13. The van der Waals surface area contributed by atoms with E-state index in [4.69, 9.17) is 5.73 Å². The van der Waals surface area contributed by atoms with Crippen LogP contribution in [0.3, 0.4) is 0 Å². The van der Waals surface area contributed by atoms with Crippen LogP contribution in [0.15, 0.2) is 24.3 Å². The third-order valence-electron chi connectivity index (χ3n) is 4.87. The molecule has 1 aromatic carbocycles. The number of carbonyl (C=O) groups excluding carboxylic acids is 1. The van der Waals surface area contributed by atoms with Crippen LogP contribution in [-0.4, -0.2) is 36.0 Å². The van der Waals surface area contributed by atoms with Crippen LogP contribution < -0.4 is 11.1 Å². The molecule has 3 atom stereocenters. The van der Waals surface area contributed by atoms with Crippen LogP contribution in [0.1, 0.15) is 37.8 Å². The fraction of sp³-hybridized carbons (Fsp3) is 0.611. The molecule has 8 heteroatoms. The number of carbonyl (C=O) groups is 1. The van der Waals surface area contributed by atoms with Crippen molar-refractivity contribution >= 4 is 18.3 Å². The van der Waals surface area contributed by atoms with E-state index in [1.807, 2.05) is 13.8 Å². The molecule has 0 radical (unpaired) electrons. The minimum absolute atomic E-state index is 0. The summed E-state index contributed by atoms with van der Waals surface area (Å²) in [4.78, 5) is 14.3. The molecular weight excluding hydrogens is 367 g/mol. The van der Waals surface area contributed by atoms with Crippen molar-refractivity contribution in [2.75, 3.05) is 13.1 Å². The molecule has 26 heavy (non-hydrogen) atoms. The third kappa shape index (κ3) is 6.14. The second-order valence-electron chi connectivity index (χ2n) is 6.84. The number of rotatable bonds is 6. The Balaban J connectivity index is 0.00000338. The minimum Gasteiger partial charge on any atom is -0.351 e. The maximum Gasteiger partial charge on any atom is 0.416 e. The van der Waals surface area contributed by atoms with Gasteiger partial charge in [-0.25, -0.2) is 0 Å². The number of amides is 1. The summed E-state index contributed by atoms with van der Waals surface area (Å²) in [6.45, 7) is 6.00. The van der Waals surface area contributed by atoms with Crippen molar-refractivity contribution in [1.29, 1.82) is 0 Å². The molecule has 0 spiro atoms. The summed E-state index contributed by atoms with van der Waals surface area (Å²) in [6, 6.07) is 4.76. The van der Waals surface area contributed by atoms with Gasteiger partial charge in [0.05, 0.1) is 11.6 Å². The van der Waals surface area contributed by atoms with E-state index in [9.17, 15) is 18.0 Å². The summed E-state index contributed by atoms with van der Waals surface area (Å²) in [5, 5.41) is 2.98. The molecule has 3 unspecified atom stereocenters. The Morgan fingerprint density at radius 2 is 1.96 bits per heavy atom. The third-order valence-corrected chi connectivity index (χ3v) is 4.87. The van der Waals surface area contributed by atoms with Crippen LogP contribution in [0.5, 0.6) is 0 Å². The molecule has 3 N–H and O–H groups in total. The van der Waals surface area contributed by atoms with Gasteiger partial charge in [0.15, 0.2) is 0 Å². The van der Waals surface area contributed by atoms with Crippen LogP contribution in [0.25, 0.3) is 0 Å². The number of alkyl halides is 3. The lowest BCUT2D eigenvalue weighted by Crippen LogP contribution is -2.48. The van der Waals surface area contributed by atoms with Gasteiger partial charge in [0.1, 0.15) is 0 Å². The van der Waals surface area contributed by atoms with Crippen molar-refractivity contribution in [3.63, 3.8) is 0 Å². The highest BCUT2D eigenvalue weighted by atomic mass is 35.5. The Hall–Kier alpha value is -1.31. The van der Waals surface area contributed by atoms with Crippen LogP contribution in [0.2, 0.25) is 0 Å². The second-order valence-corrected chi connectivity index (χ2v) is 6.84. The van der Waals surface area contributed by atoms with Gasteiger partial charge < -0.3 is 11.1 Å². The van der Waals surface area contributed by atoms with E-state index in [1.165, 1.54) is 12.1 Å². The number of nitrogens with one attached hydrogen (secondary N) is 1. The first-order valence-electron chi connectivity index (χ1n) is 8.65. The molecular formula is C18H27ClF3N3O. The molecule has 0 aliphatic carbocycles. The largest absolute Gasteiger partial charge is 0.416 e. The molecule has 1 saturated heterocycles. The monoisotopic (exact) mass is 393 g/mol. The Kier molecular flexibility index (Phi) is 8.37. The van der Waals surface area contributed by atoms with E-state index >= 15 is 0 Å². The summed E-state index contributed by atoms with van der Waals surface area (Å²) >= 11 is 0. The van der Waals surface area contributed by atoms with E-state index in [2.05, 4.69) is 10.2 Å². The highest BCUT2D eigenvalue weighted by Gasteiger charge is 2.30. The Morgan fingerprint density at radius 1 is 1.35 bits per heavy atom. The minimum atomic E-state index is -4.31. The maximum absolute atomic E-state index is 12.6. The van der Waals surface area contributed by atoms with E-state index < -0.39 is 17.8 Å². The predicted octanol–water partition coefficient (Wildman–Crippen LogP) is 3.19. The van der Waals surface area contributed by atoms with E-state index in [0.717, 1.165) is 37.1 Å². The van der Waals surface area contributed by atoms with Crippen LogP contribution in [0.4, 0.5) is 13.2 Å². The average molecular weight is 394 g/mol. The predicted molar refractivity (Wildman–Crippen MR) is 97.9 cm³/mol. The standard InChI is InChI=1S/C18H26F3N3O.ClH/c1-3-12(2)16(22)17(25)23-15-8-9-24(11-15)10-13-4-6-14(7-5-13)18(19,20)21;/h4-7,12,15-16H,3,8-11,22H2,1-2H3,(H,23,25);1H. The van der Waals surface area contributed by atoms with Gasteiger partial charge in [0.25, 0.3) is 0 Å². The number of benzene rings is 1. The normalized spacial score (nSPS) is 20.3. The number of hydrogen-bond acceptors (Lipinski definition) is 3. The highest BCUT2D eigenvalue weighted by molar-refractivity contribution is 5.85. The molecule has 1 fully saturated rings. The lowest BCUT2D eigenvalue weighted by Gasteiger charge is -2.21. The van der Waals surface area contributed by atoms with Crippen molar-refractivity contribution < 1.29 is 18.0 Å². The van der Waals surface area contributed by atoms with Gasteiger partial charge in [0.2, 0.25) is 5.91 Å². The lowest BCUT2D eigenvalue weighted by molar-refractivity contribution is -0.137. The van der Waals surface area contributed by atoms with E-state index in [1.54, 1.807) is 0 Å². The van der Waals surface area contributed by atoms with Crippen LogP contribution >= 0.6 is 12.4 Å². The van der Waals surface area contributed by atoms with Gasteiger partial charge in [0, 0.05) is 25.7 Å².